The Labute approximate surface area is 103 Å². The Balaban J connectivity index is 2.24. The summed E-state index contributed by atoms with van der Waals surface area (Å²) >= 11 is 5.52. The average molecular weight is 287 g/mol. The number of nitrogens with zero attached hydrogens (tertiary/aromatic N) is 1. The van der Waals surface area contributed by atoms with Gasteiger partial charge in [-0.15, -0.1) is 0 Å². The van der Waals surface area contributed by atoms with Crippen LogP contribution in [0.5, 0.6) is 0 Å². The van der Waals surface area contributed by atoms with E-state index < -0.39 is 0 Å². The number of nitrogen functional groups attached to an aromatic ring is 1. The van der Waals surface area contributed by atoms with E-state index in [2.05, 4.69) is 33.8 Å². The highest BCUT2D eigenvalue weighted by Crippen LogP contribution is 2.30. The lowest BCUT2D eigenvalue weighted by molar-refractivity contribution is 0.784. The molecule has 0 saturated carbocycles. The maximum Gasteiger partial charge on any atom is 0.0611 e. The lowest BCUT2D eigenvalue weighted by Gasteiger charge is -2.33. The molecule has 1 aromatic carbocycles. The van der Waals surface area contributed by atoms with Gasteiger partial charge < -0.3 is 10.6 Å². The van der Waals surface area contributed by atoms with E-state index in [0.29, 0.717) is 5.25 Å². The molecule has 1 saturated heterocycles. The van der Waals surface area contributed by atoms with Gasteiger partial charge in [-0.1, -0.05) is 22.9 Å². The number of hydrogen-bond donors (Lipinski definition) is 1. The minimum Gasteiger partial charge on any atom is -0.397 e. The smallest absolute Gasteiger partial charge is 0.0611 e. The molecule has 0 bridgehead atoms. The molecule has 2 rings (SSSR count). The summed E-state index contributed by atoms with van der Waals surface area (Å²) in [7, 11) is 0. The summed E-state index contributed by atoms with van der Waals surface area (Å²) in [6.45, 7) is 4.45. The van der Waals surface area contributed by atoms with E-state index in [4.69, 9.17) is 5.73 Å². The molecular weight excluding hydrogens is 272 g/mol. The maximum atomic E-state index is 6.00. The summed E-state index contributed by atoms with van der Waals surface area (Å²) in [6.07, 6.45) is 0. The van der Waals surface area contributed by atoms with Crippen LogP contribution in [0.25, 0.3) is 0 Å². The van der Waals surface area contributed by atoms with Crippen LogP contribution in [-0.2, 0) is 0 Å². The van der Waals surface area contributed by atoms with Crippen molar-refractivity contribution >= 4 is 39.1 Å². The van der Waals surface area contributed by atoms with Crippen LogP contribution >= 0.6 is 27.7 Å². The summed E-state index contributed by atoms with van der Waals surface area (Å²) in [4.78, 5) is 2.38. The van der Waals surface area contributed by atoms with Crippen molar-refractivity contribution in [2.24, 2.45) is 0 Å². The summed E-state index contributed by atoms with van der Waals surface area (Å²) in [5.41, 5.74) is 8.03. The molecule has 2 nitrogen and oxygen atoms in total. The second-order valence-electron chi connectivity index (χ2n) is 3.83. The Kier molecular flexibility index (Phi) is 3.46. The van der Waals surface area contributed by atoms with Crippen LogP contribution in [0.3, 0.4) is 0 Å². The zero-order valence-electron chi connectivity index (χ0n) is 8.74. The molecule has 0 amide bonds. The topological polar surface area (TPSA) is 29.3 Å². The highest BCUT2D eigenvalue weighted by Gasteiger charge is 2.18. The molecule has 15 heavy (non-hydrogen) atoms. The van der Waals surface area contributed by atoms with Crippen molar-refractivity contribution in [3.8, 4) is 0 Å². The minimum absolute atomic E-state index is 0.692. The van der Waals surface area contributed by atoms with Gasteiger partial charge in [-0.05, 0) is 18.2 Å². The fourth-order valence-corrected chi connectivity index (χ4v) is 3.19. The standard InChI is InChI=1S/C11H15BrN2S/c1-8-7-14(4-5-15-8)11-6-9(12)2-3-10(11)13/h2-3,6,8H,4-5,7,13H2,1H3. The van der Waals surface area contributed by atoms with E-state index in [1.807, 2.05) is 23.9 Å². The van der Waals surface area contributed by atoms with Gasteiger partial charge >= 0.3 is 0 Å². The molecule has 1 aliphatic rings. The molecule has 0 aliphatic carbocycles. The van der Waals surface area contributed by atoms with Crippen LogP contribution in [-0.4, -0.2) is 24.1 Å². The molecule has 4 heteroatoms. The van der Waals surface area contributed by atoms with E-state index in [0.717, 1.165) is 28.9 Å². The molecular formula is C11H15BrN2S. The van der Waals surface area contributed by atoms with Crippen molar-refractivity contribution in [3.63, 3.8) is 0 Å². The summed E-state index contributed by atoms with van der Waals surface area (Å²) < 4.78 is 1.09. The highest BCUT2D eigenvalue weighted by atomic mass is 79.9. The van der Waals surface area contributed by atoms with Crippen LogP contribution < -0.4 is 10.6 Å². The maximum absolute atomic E-state index is 6.00. The van der Waals surface area contributed by atoms with Gasteiger partial charge in [0.1, 0.15) is 0 Å². The molecule has 1 heterocycles. The molecule has 0 aromatic heterocycles. The summed E-state index contributed by atoms with van der Waals surface area (Å²) in [6, 6.07) is 6.06. The normalized spacial score (nSPS) is 21.7. The number of rotatable bonds is 1. The minimum atomic E-state index is 0.692. The molecule has 0 spiro atoms. The molecule has 1 atom stereocenters. The van der Waals surface area contributed by atoms with Crippen molar-refractivity contribution in [1.29, 1.82) is 0 Å². The van der Waals surface area contributed by atoms with Crippen molar-refractivity contribution < 1.29 is 0 Å². The number of thioether (sulfide) groups is 1. The lowest BCUT2D eigenvalue weighted by Crippen LogP contribution is -2.37. The molecule has 1 fully saturated rings. The first-order chi connectivity index (χ1) is 7.16. The van der Waals surface area contributed by atoms with E-state index in [-0.39, 0.29) is 0 Å². The fraction of sp³-hybridized carbons (Fsp3) is 0.455. The summed E-state index contributed by atoms with van der Waals surface area (Å²) in [5, 5.41) is 0.692. The van der Waals surface area contributed by atoms with Crippen molar-refractivity contribution in [2.75, 3.05) is 29.5 Å². The molecule has 1 aromatic rings. The molecule has 0 radical (unpaired) electrons. The third kappa shape index (κ3) is 2.61. The van der Waals surface area contributed by atoms with E-state index in [1.54, 1.807) is 0 Å². The Morgan fingerprint density at radius 2 is 2.33 bits per heavy atom. The SMILES string of the molecule is CC1CN(c2cc(Br)ccc2N)CCS1. The first-order valence-electron chi connectivity index (χ1n) is 5.08. The van der Waals surface area contributed by atoms with Gasteiger partial charge in [0.05, 0.1) is 11.4 Å². The predicted octanol–water partition coefficient (Wildman–Crippen LogP) is 2.97. The Morgan fingerprint density at radius 3 is 3.07 bits per heavy atom. The van der Waals surface area contributed by atoms with Crippen LogP contribution in [0.2, 0.25) is 0 Å². The number of benzene rings is 1. The number of nitrogens with two attached hydrogens (primary N) is 1. The van der Waals surface area contributed by atoms with Crippen molar-refractivity contribution in [1.82, 2.24) is 0 Å². The van der Waals surface area contributed by atoms with Crippen LogP contribution in [0.4, 0.5) is 11.4 Å². The van der Waals surface area contributed by atoms with E-state index in [9.17, 15) is 0 Å². The van der Waals surface area contributed by atoms with Crippen LogP contribution in [0, 0.1) is 0 Å². The van der Waals surface area contributed by atoms with Crippen molar-refractivity contribution in [3.05, 3.63) is 22.7 Å². The largest absolute Gasteiger partial charge is 0.397 e. The average Bonchev–Trinajstić information content (AvgIpc) is 2.22. The zero-order chi connectivity index (χ0) is 10.8. The van der Waals surface area contributed by atoms with Gasteiger partial charge in [0.25, 0.3) is 0 Å². The summed E-state index contributed by atoms with van der Waals surface area (Å²) in [5.74, 6) is 1.19. The molecule has 2 N–H and O–H groups in total. The van der Waals surface area contributed by atoms with Gasteiger partial charge in [-0.3, -0.25) is 0 Å². The Morgan fingerprint density at radius 1 is 1.53 bits per heavy atom. The number of halogens is 1. The number of hydrogen-bond acceptors (Lipinski definition) is 3. The molecule has 1 unspecified atom stereocenters. The van der Waals surface area contributed by atoms with Gasteiger partial charge in [-0.2, -0.15) is 11.8 Å². The van der Waals surface area contributed by atoms with Crippen LogP contribution in [0.15, 0.2) is 22.7 Å². The van der Waals surface area contributed by atoms with Crippen LogP contribution in [0.1, 0.15) is 6.92 Å². The Hall–Kier alpha value is -0.350. The molecule has 1 aliphatic heterocycles. The van der Waals surface area contributed by atoms with Gasteiger partial charge in [-0.25, -0.2) is 0 Å². The first-order valence-corrected chi connectivity index (χ1v) is 6.92. The second-order valence-corrected chi connectivity index (χ2v) is 6.29. The molecule has 82 valence electrons. The van der Waals surface area contributed by atoms with Gasteiger partial charge in [0, 0.05) is 28.6 Å². The van der Waals surface area contributed by atoms with Gasteiger partial charge in [0.15, 0.2) is 0 Å². The van der Waals surface area contributed by atoms with E-state index >= 15 is 0 Å². The fourth-order valence-electron chi connectivity index (χ4n) is 1.83. The first kappa shape index (κ1) is 11.1. The lowest BCUT2D eigenvalue weighted by atomic mass is 10.2. The zero-order valence-corrected chi connectivity index (χ0v) is 11.1. The third-order valence-corrected chi connectivity index (χ3v) is 4.20. The number of anilines is 2. The monoisotopic (exact) mass is 286 g/mol. The van der Waals surface area contributed by atoms with Gasteiger partial charge in [0.2, 0.25) is 0 Å². The predicted molar refractivity (Wildman–Crippen MR) is 72.7 cm³/mol. The third-order valence-electron chi connectivity index (χ3n) is 2.57. The second kappa shape index (κ2) is 4.66. The quantitative estimate of drug-likeness (QED) is 0.805. The highest BCUT2D eigenvalue weighted by molar-refractivity contribution is 9.10. The Bertz CT molecular complexity index is 356. The van der Waals surface area contributed by atoms with E-state index in [1.165, 1.54) is 5.75 Å². The van der Waals surface area contributed by atoms with Crippen molar-refractivity contribution in [2.45, 2.75) is 12.2 Å².